The summed E-state index contributed by atoms with van der Waals surface area (Å²) in [6, 6.07) is 0. The number of nitrogens with one attached hydrogen (secondary N) is 1. The molecule has 0 bridgehead atoms. The van der Waals surface area contributed by atoms with Gasteiger partial charge in [0, 0.05) is 13.1 Å². The van der Waals surface area contributed by atoms with Crippen molar-refractivity contribution in [1.82, 2.24) is 5.32 Å². The SMILES string of the molecule is CCCCC(CC)CC1(O)CNC1. The first-order valence-electron chi connectivity index (χ1n) is 5.63. The summed E-state index contributed by atoms with van der Waals surface area (Å²) in [7, 11) is 0. The zero-order valence-electron chi connectivity index (χ0n) is 8.97. The van der Waals surface area contributed by atoms with Crippen molar-refractivity contribution in [3.8, 4) is 0 Å². The van der Waals surface area contributed by atoms with Crippen LogP contribution in [-0.4, -0.2) is 23.8 Å². The maximum Gasteiger partial charge on any atom is 0.0897 e. The quantitative estimate of drug-likeness (QED) is 0.662. The molecule has 0 aromatic heterocycles. The normalized spacial score (nSPS) is 22.4. The Morgan fingerprint density at radius 3 is 2.46 bits per heavy atom. The van der Waals surface area contributed by atoms with Gasteiger partial charge in [0.2, 0.25) is 0 Å². The number of unbranched alkanes of at least 4 members (excludes halogenated alkanes) is 1. The lowest BCUT2D eigenvalue weighted by atomic mass is 9.82. The van der Waals surface area contributed by atoms with Crippen LogP contribution >= 0.6 is 0 Å². The Hall–Kier alpha value is -0.0800. The second-order valence-corrected chi connectivity index (χ2v) is 4.45. The van der Waals surface area contributed by atoms with Gasteiger partial charge < -0.3 is 10.4 Å². The fraction of sp³-hybridized carbons (Fsp3) is 1.00. The zero-order valence-corrected chi connectivity index (χ0v) is 8.97. The van der Waals surface area contributed by atoms with Gasteiger partial charge in [0.15, 0.2) is 0 Å². The minimum atomic E-state index is -0.367. The summed E-state index contributed by atoms with van der Waals surface area (Å²) < 4.78 is 0. The van der Waals surface area contributed by atoms with Crippen LogP contribution in [0.2, 0.25) is 0 Å². The molecule has 2 heteroatoms. The van der Waals surface area contributed by atoms with E-state index in [0.29, 0.717) is 0 Å². The van der Waals surface area contributed by atoms with Crippen molar-refractivity contribution in [3.05, 3.63) is 0 Å². The van der Waals surface area contributed by atoms with Gasteiger partial charge in [-0.2, -0.15) is 0 Å². The van der Waals surface area contributed by atoms with E-state index in [-0.39, 0.29) is 5.60 Å². The molecular formula is C11H23NO. The number of hydrogen-bond donors (Lipinski definition) is 2. The van der Waals surface area contributed by atoms with Gasteiger partial charge in [-0.15, -0.1) is 0 Å². The van der Waals surface area contributed by atoms with Crippen LogP contribution in [0.3, 0.4) is 0 Å². The topological polar surface area (TPSA) is 32.3 Å². The van der Waals surface area contributed by atoms with E-state index in [1.165, 1.54) is 25.7 Å². The predicted molar refractivity (Wildman–Crippen MR) is 55.7 cm³/mol. The zero-order chi connectivity index (χ0) is 9.73. The average Bonchev–Trinajstić information content (AvgIpc) is 2.09. The molecule has 0 radical (unpaired) electrons. The van der Waals surface area contributed by atoms with Gasteiger partial charge in [0.1, 0.15) is 0 Å². The predicted octanol–water partition coefficient (Wildman–Crippen LogP) is 1.93. The fourth-order valence-electron chi connectivity index (χ4n) is 2.04. The second-order valence-electron chi connectivity index (χ2n) is 4.45. The molecular weight excluding hydrogens is 162 g/mol. The molecule has 1 fully saturated rings. The van der Waals surface area contributed by atoms with Crippen molar-refractivity contribution in [3.63, 3.8) is 0 Å². The Morgan fingerprint density at radius 2 is 2.08 bits per heavy atom. The molecule has 1 atom stereocenters. The Kier molecular flexibility index (Phi) is 4.20. The summed E-state index contributed by atoms with van der Waals surface area (Å²) in [5.41, 5.74) is -0.367. The van der Waals surface area contributed by atoms with E-state index >= 15 is 0 Å². The lowest BCUT2D eigenvalue weighted by Crippen LogP contribution is -2.60. The van der Waals surface area contributed by atoms with Crippen LogP contribution in [0.15, 0.2) is 0 Å². The van der Waals surface area contributed by atoms with Crippen molar-refractivity contribution in [2.24, 2.45) is 5.92 Å². The maximum absolute atomic E-state index is 9.95. The van der Waals surface area contributed by atoms with Crippen LogP contribution in [0.5, 0.6) is 0 Å². The summed E-state index contributed by atoms with van der Waals surface area (Å²) >= 11 is 0. The molecule has 1 aliphatic rings. The molecule has 0 aromatic rings. The van der Waals surface area contributed by atoms with E-state index in [9.17, 15) is 5.11 Å². The van der Waals surface area contributed by atoms with Crippen LogP contribution in [-0.2, 0) is 0 Å². The molecule has 1 saturated heterocycles. The first kappa shape index (κ1) is 11.0. The molecule has 78 valence electrons. The third-order valence-electron chi connectivity index (χ3n) is 3.12. The van der Waals surface area contributed by atoms with Crippen molar-refractivity contribution < 1.29 is 5.11 Å². The van der Waals surface area contributed by atoms with E-state index in [4.69, 9.17) is 0 Å². The molecule has 0 amide bonds. The van der Waals surface area contributed by atoms with Gasteiger partial charge >= 0.3 is 0 Å². The van der Waals surface area contributed by atoms with Crippen LogP contribution in [0.1, 0.15) is 46.0 Å². The van der Waals surface area contributed by atoms with Crippen LogP contribution in [0, 0.1) is 5.92 Å². The number of aliphatic hydroxyl groups is 1. The third kappa shape index (κ3) is 3.28. The summed E-state index contributed by atoms with van der Waals surface area (Å²) in [6.45, 7) is 6.06. The number of rotatable bonds is 6. The van der Waals surface area contributed by atoms with Gasteiger partial charge in [-0.05, 0) is 12.3 Å². The third-order valence-corrected chi connectivity index (χ3v) is 3.12. The summed E-state index contributed by atoms with van der Waals surface area (Å²) in [4.78, 5) is 0. The number of hydrogen-bond acceptors (Lipinski definition) is 2. The molecule has 2 nitrogen and oxygen atoms in total. The first-order valence-corrected chi connectivity index (χ1v) is 5.63. The average molecular weight is 185 g/mol. The molecule has 1 unspecified atom stereocenters. The minimum absolute atomic E-state index is 0.367. The Balaban J connectivity index is 2.22. The lowest BCUT2D eigenvalue weighted by molar-refractivity contribution is -0.0319. The van der Waals surface area contributed by atoms with E-state index in [1.807, 2.05) is 0 Å². The highest BCUT2D eigenvalue weighted by Gasteiger charge is 2.35. The molecule has 0 aliphatic carbocycles. The highest BCUT2D eigenvalue weighted by molar-refractivity contribution is 4.93. The van der Waals surface area contributed by atoms with Crippen molar-refractivity contribution >= 4 is 0 Å². The molecule has 0 aromatic carbocycles. The molecule has 1 rings (SSSR count). The van der Waals surface area contributed by atoms with E-state index in [2.05, 4.69) is 19.2 Å². The van der Waals surface area contributed by atoms with Crippen molar-refractivity contribution in [2.45, 2.75) is 51.6 Å². The number of β-amino-alcohol motifs (C(OH)–C–C–N with tert-alkyl or cyclic N) is 1. The highest BCUT2D eigenvalue weighted by Crippen LogP contribution is 2.26. The van der Waals surface area contributed by atoms with Gasteiger partial charge in [-0.3, -0.25) is 0 Å². The largest absolute Gasteiger partial charge is 0.387 e. The lowest BCUT2D eigenvalue weighted by Gasteiger charge is -2.40. The summed E-state index contributed by atoms with van der Waals surface area (Å²) in [6.07, 6.45) is 6.07. The van der Waals surface area contributed by atoms with Gasteiger partial charge in [0.25, 0.3) is 0 Å². The molecule has 1 aliphatic heterocycles. The second kappa shape index (κ2) is 4.97. The fourth-order valence-corrected chi connectivity index (χ4v) is 2.04. The van der Waals surface area contributed by atoms with E-state index in [0.717, 1.165) is 25.4 Å². The highest BCUT2D eigenvalue weighted by atomic mass is 16.3. The Bertz CT molecular complexity index is 143. The van der Waals surface area contributed by atoms with Crippen molar-refractivity contribution in [2.75, 3.05) is 13.1 Å². The van der Waals surface area contributed by atoms with Gasteiger partial charge in [-0.1, -0.05) is 39.5 Å². The molecule has 2 N–H and O–H groups in total. The Morgan fingerprint density at radius 1 is 1.38 bits per heavy atom. The molecule has 0 spiro atoms. The van der Waals surface area contributed by atoms with Gasteiger partial charge in [0.05, 0.1) is 5.60 Å². The van der Waals surface area contributed by atoms with E-state index < -0.39 is 0 Å². The van der Waals surface area contributed by atoms with Crippen LogP contribution in [0.4, 0.5) is 0 Å². The van der Waals surface area contributed by atoms with Gasteiger partial charge in [-0.25, -0.2) is 0 Å². The molecule has 13 heavy (non-hydrogen) atoms. The standard InChI is InChI=1S/C11H23NO/c1-3-5-6-10(4-2)7-11(13)8-12-9-11/h10,12-13H,3-9H2,1-2H3. The van der Waals surface area contributed by atoms with E-state index in [1.54, 1.807) is 0 Å². The summed E-state index contributed by atoms with van der Waals surface area (Å²) in [5.74, 6) is 0.729. The maximum atomic E-state index is 9.95. The summed E-state index contributed by atoms with van der Waals surface area (Å²) in [5, 5.41) is 13.1. The smallest absolute Gasteiger partial charge is 0.0897 e. The monoisotopic (exact) mass is 185 g/mol. The minimum Gasteiger partial charge on any atom is -0.387 e. The first-order chi connectivity index (χ1) is 6.20. The molecule has 0 saturated carbocycles. The van der Waals surface area contributed by atoms with Crippen molar-refractivity contribution in [1.29, 1.82) is 0 Å². The molecule has 1 heterocycles. The Labute approximate surface area is 81.7 Å². The van der Waals surface area contributed by atoms with Crippen LogP contribution < -0.4 is 5.32 Å². The van der Waals surface area contributed by atoms with Crippen LogP contribution in [0.25, 0.3) is 0 Å².